The first-order valence-electron chi connectivity index (χ1n) is 11.2. The molecular weight excluding hydrogens is 464 g/mol. The molecular formula is C22H30F4N2O4S. The van der Waals surface area contributed by atoms with Crippen molar-refractivity contribution in [2.45, 2.75) is 63.3 Å². The highest BCUT2D eigenvalue weighted by Crippen LogP contribution is 2.37. The Morgan fingerprint density at radius 1 is 1.21 bits per heavy atom. The highest BCUT2D eigenvalue weighted by atomic mass is 32.2. The van der Waals surface area contributed by atoms with Crippen LogP contribution < -0.4 is 9.46 Å². The second-order valence-corrected chi connectivity index (χ2v) is 10.8. The van der Waals surface area contributed by atoms with Crippen LogP contribution in [0.2, 0.25) is 0 Å². The normalized spacial score (nSPS) is 25.9. The van der Waals surface area contributed by atoms with Crippen molar-refractivity contribution in [2.75, 3.05) is 25.4 Å². The van der Waals surface area contributed by atoms with E-state index in [2.05, 4.69) is 4.72 Å². The summed E-state index contributed by atoms with van der Waals surface area (Å²) in [7, 11) is -3.54. The standard InChI is InChI=1S/C22H30F4N2O4S/c1-2-33(30,31)27-19-9-10-22(25,26)12-16(19)14-32-17-7-5-15(6-8-17)18-4-3-11-28(21(18)29)13-20(23)24/h5-8,16,18-20,27H,2-4,9-14H2,1H3/t16-,18?,19+/m1/s1. The molecule has 6 nitrogen and oxygen atoms in total. The van der Waals surface area contributed by atoms with E-state index in [-0.39, 0.29) is 31.1 Å². The lowest BCUT2D eigenvalue weighted by Crippen LogP contribution is -2.48. The Hall–Kier alpha value is -1.88. The summed E-state index contributed by atoms with van der Waals surface area (Å²) in [6.07, 6.45) is -2.22. The minimum absolute atomic E-state index is 0.0259. The van der Waals surface area contributed by atoms with Crippen molar-refractivity contribution < 1.29 is 35.5 Å². The number of nitrogens with zero attached hydrogens (tertiary/aromatic N) is 1. The van der Waals surface area contributed by atoms with E-state index >= 15 is 0 Å². The number of alkyl halides is 4. The molecule has 11 heteroatoms. The van der Waals surface area contributed by atoms with Gasteiger partial charge < -0.3 is 9.64 Å². The summed E-state index contributed by atoms with van der Waals surface area (Å²) in [5, 5.41) is 0. The number of carbonyl (C=O) groups is 1. The van der Waals surface area contributed by atoms with E-state index in [0.29, 0.717) is 30.7 Å². The summed E-state index contributed by atoms with van der Waals surface area (Å²) >= 11 is 0. The minimum atomic E-state index is -3.54. The van der Waals surface area contributed by atoms with Gasteiger partial charge in [-0.05, 0) is 43.9 Å². The largest absolute Gasteiger partial charge is 0.493 e. The first-order valence-corrected chi connectivity index (χ1v) is 12.8. The number of benzene rings is 1. The van der Waals surface area contributed by atoms with Crippen LogP contribution in [0.3, 0.4) is 0 Å². The lowest BCUT2D eigenvalue weighted by atomic mass is 9.83. The lowest BCUT2D eigenvalue weighted by Gasteiger charge is -2.36. The summed E-state index contributed by atoms with van der Waals surface area (Å²) in [6.45, 7) is 1.13. The zero-order valence-corrected chi connectivity index (χ0v) is 19.3. The highest BCUT2D eigenvalue weighted by molar-refractivity contribution is 7.89. The molecule has 1 N–H and O–H groups in total. The summed E-state index contributed by atoms with van der Waals surface area (Å²) < 4.78 is 85.4. The molecule has 0 spiro atoms. The van der Waals surface area contributed by atoms with Crippen molar-refractivity contribution >= 4 is 15.9 Å². The van der Waals surface area contributed by atoms with Crippen LogP contribution in [0.25, 0.3) is 0 Å². The highest BCUT2D eigenvalue weighted by Gasteiger charge is 2.42. The molecule has 1 aromatic carbocycles. The monoisotopic (exact) mass is 494 g/mol. The second kappa shape index (κ2) is 10.6. The van der Waals surface area contributed by atoms with Crippen LogP contribution in [0, 0.1) is 5.92 Å². The Morgan fingerprint density at radius 2 is 1.91 bits per heavy atom. The molecule has 2 fully saturated rings. The van der Waals surface area contributed by atoms with E-state index in [1.165, 1.54) is 11.8 Å². The molecule has 1 saturated heterocycles. The van der Waals surface area contributed by atoms with Crippen LogP contribution in [0.1, 0.15) is 50.5 Å². The molecule has 1 aromatic rings. The van der Waals surface area contributed by atoms with Gasteiger partial charge in [0.1, 0.15) is 5.75 Å². The molecule has 1 aliphatic carbocycles. The minimum Gasteiger partial charge on any atom is -0.493 e. The molecule has 3 atom stereocenters. The predicted molar refractivity (Wildman–Crippen MR) is 115 cm³/mol. The predicted octanol–water partition coefficient (Wildman–Crippen LogP) is 3.78. The summed E-state index contributed by atoms with van der Waals surface area (Å²) in [4.78, 5) is 13.7. The number of likely N-dealkylation sites (tertiary alicyclic amines) is 1. The van der Waals surface area contributed by atoms with E-state index in [0.717, 1.165) is 0 Å². The average Bonchev–Trinajstić information content (AvgIpc) is 2.75. The van der Waals surface area contributed by atoms with Crippen LogP contribution in [-0.2, 0) is 14.8 Å². The number of amides is 1. The molecule has 0 bridgehead atoms. The van der Waals surface area contributed by atoms with Crippen LogP contribution in [0.5, 0.6) is 5.75 Å². The zero-order chi connectivity index (χ0) is 24.2. The van der Waals surface area contributed by atoms with Gasteiger partial charge >= 0.3 is 0 Å². The third-order valence-electron chi connectivity index (χ3n) is 6.30. The zero-order valence-electron chi connectivity index (χ0n) is 18.5. The third-order valence-corrected chi connectivity index (χ3v) is 7.72. The first kappa shape index (κ1) is 25.7. The Morgan fingerprint density at radius 3 is 2.55 bits per heavy atom. The van der Waals surface area contributed by atoms with E-state index < -0.39 is 53.2 Å². The number of nitrogens with one attached hydrogen (secondary N) is 1. The molecule has 1 amide bonds. The van der Waals surface area contributed by atoms with Crippen molar-refractivity contribution in [3.05, 3.63) is 29.8 Å². The summed E-state index contributed by atoms with van der Waals surface area (Å²) in [5.74, 6) is -4.14. The number of carbonyl (C=O) groups excluding carboxylic acids is 1. The topological polar surface area (TPSA) is 75.7 Å². The van der Waals surface area contributed by atoms with Crippen molar-refractivity contribution in [3.8, 4) is 5.75 Å². The SMILES string of the molecule is CCS(=O)(=O)N[C@H]1CCC(F)(F)C[C@@H]1COc1ccc(C2CCCN(CC(F)F)C2=O)cc1. The molecule has 2 aliphatic rings. The van der Waals surface area contributed by atoms with Crippen molar-refractivity contribution in [1.29, 1.82) is 0 Å². The van der Waals surface area contributed by atoms with Crippen LogP contribution in [0.15, 0.2) is 24.3 Å². The Kier molecular flexibility index (Phi) is 8.26. The number of sulfonamides is 1. The number of rotatable bonds is 9. The van der Waals surface area contributed by atoms with Gasteiger partial charge in [-0.1, -0.05) is 12.1 Å². The van der Waals surface area contributed by atoms with Gasteiger partial charge in [0.2, 0.25) is 21.9 Å². The van der Waals surface area contributed by atoms with Crippen molar-refractivity contribution in [1.82, 2.24) is 9.62 Å². The molecule has 1 saturated carbocycles. The number of piperidine rings is 1. The maximum absolute atomic E-state index is 14.0. The van der Waals surface area contributed by atoms with Gasteiger partial charge in [-0.25, -0.2) is 30.7 Å². The summed E-state index contributed by atoms with van der Waals surface area (Å²) in [6, 6.07) is 5.95. The first-order chi connectivity index (χ1) is 15.5. The van der Waals surface area contributed by atoms with Gasteiger partial charge in [-0.2, -0.15) is 0 Å². The Bertz CT molecular complexity index is 911. The molecule has 1 heterocycles. The average molecular weight is 495 g/mol. The maximum Gasteiger partial charge on any atom is 0.255 e. The molecule has 3 rings (SSSR count). The molecule has 1 unspecified atom stereocenters. The van der Waals surface area contributed by atoms with Gasteiger partial charge in [0.15, 0.2) is 0 Å². The fourth-order valence-corrected chi connectivity index (χ4v) is 5.41. The van der Waals surface area contributed by atoms with Gasteiger partial charge in [0.25, 0.3) is 6.43 Å². The van der Waals surface area contributed by atoms with Crippen LogP contribution in [-0.4, -0.2) is 63.1 Å². The maximum atomic E-state index is 14.0. The van der Waals surface area contributed by atoms with Crippen molar-refractivity contribution in [3.63, 3.8) is 0 Å². The lowest BCUT2D eigenvalue weighted by molar-refractivity contribution is -0.137. The molecule has 33 heavy (non-hydrogen) atoms. The van der Waals surface area contributed by atoms with Crippen molar-refractivity contribution in [2.24, 2.45) is 5.92 Å². The Balaban J connectivity index is 1.63. The van der Waals surface area contributed by atoms with E-state index in [1.807, 2.05) is 0 Å². The molecule has 0 radical (unpaired) electrons. The molecule has 1 aliphatic heterocycles. The number of halogens is 4. The number of ether oxygens (including phenoxy) is 1. The summed E-state index contributed by atoms with van der Waals surface area (Å²) in [5.41, 5.74) is 0.684. The molecule has 0 aromatic heterocycles. The van der Waals surface area contributed by atoms with Gasteiger partial charge in [-0.15, -0.1) is 0 Å². The fraction of sp³-hybridized carbons (Fsp3) is 0.682. The van der Waals surface area contributed by atoms with Gasteiger partial charge in [0.05, 0.1) is 24.8 Å². The van der Waals surface area contributed by atoms with E-state index in [9.17, 15) is 30.8 Å². The number of hydrogen-bond acceptors (Lipinski definition) is 4. The fourth-order valence-electron chi connectivity index (χ4n) is 4.47. The molecule has 186 valence electrons. The van der Waals surface area contributed by atoms with E-state index in [1.54, 1.807) is 24.3 Å². The second-order valence-electron chi connectivity index (χ2n) is 8.74. The van der Waals surface area contributed by atoms with E-state index in [4.69, 9.17) is 4.74 Å². The third kappa shape index (κ3) is 7.05. The smallest absolute Gasteiger partial charge is 0.255 e. The van der Waals surface area contributed by atoms with Gasteiger partial charge in [0, 0.05) is 31.3 Å². The Labute approximate surface area is 191 Å². The number of hydrogen-bond donors (Lipinski definition) is 1. The quantitative estimate of drug-likeness (QED) is 0.531. The van der Waals surface area contributed by atoms with Gasteiger partial charge in [-0.3, -0.25) is 4.79 Å². The van der Waals surface area contributed by atoms with Crippen LogP contribution >= 0.6 is 0 Å². The van der Waals surface area contributed by atoms with Crippen LogP contribution in [0.4, 0.5) is 17.6 Å².